The number of nitrogens with one attached hydrogen (secondary N) is 1. The second-order valence-corrected chi connectivity index (χ2v) is 11.1. The van der Waals surface area contributed by atoms with Crippen molar-refractivity contribution in [2.75, 3.05) is 25.3 Å². The van der Waals surface area contributed by atoms with Gasteiger partial charge < -0.3 is 24.6 Å². The number of fused-ring (bicyclic) bond motifs is 2. The molecule has 9 heteroatoms. The number of hydrogen-bond donors (Lipinski definition) is 2. The van der Waals surface area contributed by atoms with Gasteiger partial charge in [0, 0.05) is 43.3 Å². The van der Waals surface area contributed by atoms with Crippen LogP contribution in [0.3, 0.4) is 0 Å². The molecule has 1 atom stereocenters. The zero-order valence-corrected chi connectivity index (χ0v) is 22.5. The molecule has 0 saturated heterocycles. The number of ether oxygens (including phenoxy) is 3. The van der Waals surface area contributed by atoms with Crippen molar-refractivity contribution in [2.45, 2.75) is 64.2 Å². The molecule has 0 fully saturated rings. The second kappa shape index (κ2) is 10.6. The summed E-state index contributed by atoms with van der Waals surface area (Å²) in [6, 6.07) is 10.1. The minimum Gasteiger partial charge on any atom is -0.481 e. The summed E-state index contributed by atoms with van der Waals surface area (Å²) in [5, 5.41) is 17.7. The number of carbonyl (C=O) groups is 1. The summed E-state index contributed by atoms with van der Waals surface area (Å²) < 4.78 is 19.2. The molecular formula is C29H36N4O5. The minimum atomic E-state index is -0.857. The van der Waals surface area contributed by atoms with Gasteiger partial charge in [-0.3, -0.25) is 4.79 Å². The fraction of sp³-hybridized carbons (Fsp3) is 0.483. The van der Waals surface area contributed by atoms with Gasteiger partial charge in [-0.15, -0.1) is 0 Å². The SMILES string of the molecule is Cn1nc(CC(CC(=O)O)c2cc3c(c(C(C)(C)C)c2)OCO3)cc1OCCc1ccc2c(n1)NCCC2. The lowest BCUT2D eigenvalue weighted by Gasteiger charge is -2.24. The molecule has 0 aliphatic carbocycles. The first-order valence-electron chi connectivity index (χ1n) is 13.2. The van der Waals surface area contributed by atoms with E-state index in [1.165, 1.54) is 5.56 Å². The molecule has 1 aromatic carbocycles. The predicted octanol–water partition coefficient (Wildman–Crippen LogP) is 4.62. The summed E-state index contributed by atoms with van der Waals surface area (Å²) in [6.07, 6.45) is 3.33. The molecule has 2 aliphatic heterocycles. The van der Waals surface area contributed by atoms with Crippen molar-refractivity contribution in [3.05, 3.63) is 58.4 Å². The van der Waals surface area contributed by atoms with Gasteiger partial charge in [0.1, 0.15) is 5.82 Å². The number of nitrogens with zero attached hydrogens (tertiary/aromatic N) is 3. The number of aryl methyl sites for hydroxylation is 2. The van der Waals surface area contributed by atoms with E-state index in [2.05, 4.69) is 49.4 Å². The predicted molar refractivity (Wildman–Crippen MR) is 143 cm³/mol. The van der Waals surface area contributed by atoms with Gasteiger partial charge in [0.15, 0.2) is 11.5 Å². The Morgan fingerprint density at radius 2 is 2.05 bits per heavy atom. The number of carboxylic acids is 1. The molecule has 0 radical (unpaired) electrons. The standard InChI is InChI=1S/C29H36N4O5/c1-29(2,3)23-13-20(14-24-27(23)38-17-37-24)19(15-26(34)35)12-22-16-25(33(4)32-22)36-11-9-21-8-7-18-6-5-10-30-28(18)31-21/h7-8,13-14,16,19H,5-6,9-12,15,17H2,1-4H3,(H,30,31)(H,34,35). The van der Waals surface area contributed by atoms with Gasteiger partial charge in [0.2, 0.25) is 12.7 Å². The summed E-state index contributed by atoms with van der Waals surface area (Å²) in [5.74, 6) is 1.90. The van der Waals surface area contributed by atoms with Crippen LogP contribution in [0.5, 0.6) is 17.4 Å². The average Bonchev–Trinajstić information content (AvgIpc) is 3.48. The smallest absolute Gasteiger partial charge is 0.303 e. The number of aliphatic carboxylic acids is 1. The van der Waals surface area contributed by atoms with Crippen LogP contribution >= 0.6 is 0 Å². The Kier molecular flexibility index (Phi) is 7.19. The van der Waals surface area contributed by atoms with E-state index in [1.807, 2.05) is 19.2 Å². The van der Waals surface area contributed by atoms with Crippen LogP contribution in [0.25, 0.3) is 0 Å². The summed E-state index contributed by atoms with van der Waals surface area (Å²) >= 11 is 0. The molecule has 202 valence electrons. The molecule has 9 nitrogen and oxygen atoms in total. The number of rotatable bonds is 9. The topological polar surface area (TPSA) is 108 Å². The fourth-order valence-corrected chi connectivity index (χ4v) is 5.11. The number of hydrogen-bond acceptors (Lipinski definition) is 7. The van der Waals surface area contributed by atoms with E-state index in [-0.39, 0.29) is 24.5 Å². The highest BCUT2D eigenvalue weighted by atomic mass is 16.7. The van der Waals surface area contributed by atoms with Crippen LogP contribution in [-0.4, -0.2) is 45.8 Å². The zero-order chi connectivity index (χ0) is 26.9. The maximum absolute atomic E-state index is 11.8. The van der Waals surface area contributed by atoms with Crippen LogP contribution in [-0.2, 0) is 36.5 Å². The first-order chi connectivity index (χ1) is 18.2. The molecular weight excluding hydrogens is 484 g/mol. The Hall–Kier alpha value is -3.75. The number of pyridine rings is 1. The van der Waals surface area contributed by atoms with E-state index in [1.54, 1.807) is 4.68 Å². The van der Waals surface area contributed by atoms with Crippen LogP contribution in [0.1, 0.15) is 67.6 Å². The largest absolute Gasteiger partial charge is 0.481 e. The maximum Gasteiger partial charge on any atom is 0.303 e. The average molecular weight is 521 g/mol. The van der Waals surface area contributed by atoms with Crippen LogP contribution in [0.15, 0.2) is 30.3 Å². The highest BCUT2D eigenvalue weighted by molar-refractivity contribution is 5.68. The molecule has 5 rings (SSSR count). The zero-order valence-electron chi connectivity index (χ0n) is 22.5. The van der Waals surface area contributed by atoms with Gasteiger partial charge >= 0.3 is 5.97 Å². The van der Waals surface area contributed by atoms with Crippen LogP contribution < -0.4 is 19.5 Å². The van der Waals surface area contributed by atoms with Gasteiger partial charge in [-0.05, 0) is 47.9 Å². The summed E-state index contributed by atoms with van der Waals surface area (Å²) in [6.45, 7) is 7.94. The molecule has 2 aliphatic rings. The van der Waals surface area contributed by atoms with E-state index in [9.17, 15) is 9.90 Å². The molecule has 0 spiro atoms. The van der Waals surface area contributed by atoms with Crippen molar-refractivity contribution in [2.24, 2.45) is 7.05 Å². The minimum absolute atomic E-state index is 0.0198. The summed E-state index contributed by atoms with van der Waals surface area (Å²) in [7, 11) is 1.84. The van der Waals surface area contributed by atoms with Crippen molar-refractivity contribution in [3.63, 3.8) is 0 Å². The van der Waals surface area contributed by atoms with E-state index >= 15 is 0 Å². The van der Waals surface area contributed by atoms with Gasteiger partial charge in [0.05, 0.1) is 18.7 Å². The van der Waals surface area contributed by atoms with Gasteiger partial charge in [-0.2, -0.15) is 5.10 Å². The first-order valence-corrected chi connectivity index (χ1v) is 13.2. The molecule has 1 unspecified atom stereocenters. The van der Waals surface area contributed by atoms with E-state index < -0.39 is 5.97 Å². The Bertz CT molecular complexity index is 1330. The van der Waals surface area contributed by atoms with Crippen molar-refractivity contribution in [1.82, 2.24) is 14.8 Å². The first kappa shape index (κ1) is 25.9. The van der Waals surface area contributed by atoms with Crippen LogP contribution in [0.2, 0.25) is 0 Å². The molecule has 4 heterocycles. The van der Waals surface area contributed by atoms with Crippen molar-refractivity contribution >= 4 is 11.8 Å². The Labute approximate surface area is 223 Å². The van der Waals surface area contributed by atoms with Crippen molar-refractivity contribution in [3.8, 4) is 17.4 Å². The van der Waals surface area contributed by atoms with Crippen LogP contribution in [0.4, 0.5) is 5.82 Å². The van der Waals surface area contributed by atoms with Gasteiger partial charge in [-0.25, -0.2) is 9.67 Å². The van der Waals surface area contributed by atoms with Gasteiger partial charge in [-0.1, -0.05) is 32.9 Å². The lowest BCUT2D eigenvalue weighted by molar-refractivity contribution is -0.137. The van der Waals surface area contributed by atoms with Crippen LogP contribution in [0, 0.1) is 0 Å². The molecule has 0 saturated carbocycles. The third-order valence-corrected chi connectivity index (χ3v) is 7.10. The second-order valence-electron chi connectivity index (χ2n) is 11.1. The molecule has 2 N–H and O–H groups in total. The third kappa shape index (κ3) is 5.71. The Balaban J connectivity index is 1.30. The molecule has 0 bridgehead atoms. The fourth-order valence-electron chi connectivity index (χ4n) is 5.11. The Morgan fingerprint density at radius 1 is 1.21 bits per heavy atom. The lowest BCUT2D eigenvalue weighted by Crippen LogP contribution is -2.15. The molecule has 38 heavy (non-hydrogen) atoms. The highest BCUT2D eigenvalue weighted by Gasteiger charge is 2.29. The number of anilines is 1. The number of aromatic nitrogens is 3. The number of benzene rings is 1. The summed E-state index contributed by atoms with van der Waals surface area (Å²) in [5.41, 5.74) is 4.76. The quantitative estimate of drug-likeness (QED) is 0.421. The number of carboxylic acid groups (broad SMARTS) is 1. The van der Waals surface area contributed by atoms with Crippen molar-refractivity contribution < 1.29 is 24.1 Å². The summed E-state index contributed by atoms with van der Waals surface area (Å²) in [4.78, 5) is 16.5. The monoisotopic (exact) mass is 520 g/mol. The van der Waals surface area contributed by atoms with E-state index in [0.29, 0.717) is 31.1 Å². The van der Waals surface area contributed by atoms with E-state index in [0.717, 1.165) is 53.5 Å². The van der Waals surface area contributed by atoms with Crippen molar-refractivity contribution in [1.29, 1.82) is 0 Å². The Morgan fingerprint density at radius 3 is 2.84 bits per heavy atom. The normalized spacial score (nSPS) is 15.1. The molecule has 2 aromatic heterocycles. The molecule has 3 aromatic rings. The van der Waals surface area contributed by atoms with E-state index in [4.69, 9.17) is 19.2 Å². The highest BCUT2D eigenvalue weighted by Crippen LogP contribution is 2.44. The lowest BCUT2D eigenvalue weighted by atomic mass is 9.82. The maximum atomic E-state index is 11.8. The molecule has 0 amide bonds. The van der Waals surface area contributed by atoms with Gasteiger partial charge in [0.25, 0.3) is 0 Å². The third-order valence-electron chi connectivity index (χ3n) is 7.10.